The predicted molar refractivity (Wildman–Crippen MR) is 130 cm³/mol. The van der Waals surface area contributed by atoms with Crippen LogP contribution < -0.4 is 0 Å². The normalized spacial score (nSPS) is 23.4. The molecule has 12 nitrogen and oxygen atoms in total. The van der Waals surface area contributed by atoms with Crippen LogP contribution in [0.15, 0.2) is 48.6 Å². The lowest BCUT2D eigenvalue weighted by Crippen LogP contribution is -2.59. The van der Waals surface area contributed by atoms with E-state index in [0.717, 1.165) is 19.3 Å². The van der Waals surface area contributed by atoms with Crippen molar-refractivity contribution in [3.05, 3.63) is 59.7 Å². The number of aliphatic carboxylic acids is 1. The number of esters is 2. The monoisotopic (exact) mass is 530 g/mol. The fourth-order valence-electron chi connectivity index (χ4n) is 3.90. The van der Waals surface area contributed by atoms with E-state index in [1.54, 1.807) is 0 Å². The van der Waals surface area contributed by atoms with Crippen LogP contribution in [0.2, 0.25) is 0 Å². The van der Waals surface area contributed by atoms with Gasteiger partial charge < -0.3 is 44.8 Å². The molecular weight excluding hydrogens is 504 g/mol. The highest BCUT2D eigenvalue weighted by Crippen LogP contribution is 2.36. The summed E-state index contributed by atoms with van der Waals surface area (Å²) in [5.74, 6) is -4.86. The molecule has 0 aromatic heterocycles. The molecule has 1 aliphatic rings. The average Bonchev–Trinajstić information content (AvgIpc) is 2.87. The number of phenols is 4. The molecule has 0 heterocycles. The molecule has 38 heavy (non-hydrogen) atoms. The van der Waals surface area contributed by atoms with Crippen LogP contribution in [0.3, 0.4) is 0 Å². The van der Waals surface area contributed by atoms with Crippen molar-refractivity contribution < 1.29 is 59.2 Å². The molecule has 202 valence electrons. The van der Waals surface area contributed by atoms with Gasteiger partial charge in [-0.05, 0) is 47.5 Å². The second kappa shape index (κ2) is 11.7. The van der Waals surface area contributed by atoms with Gasteiger partial charge in [0.25, 0.3) is 0 Å². The Morgan fingerprint density at radius 2 is 1.32 bits per heavy atom. The number of hydrogen-bond donors (Lipinski definition) is 6. The largest absolute Gasteiger partial charge is 0.504 e. The molecule has 1 aliphatic carbocycles. The maximum atomic E-state index is 12.5. The number of carboxylic acid groups (broad SMARTS) is 1. The van der Waals surface area contributed by atoms with E-state index in [0.29, 0.717) is 11.1 Å². The first-order valence-electron chi connectivity index (χ1n) is 11.2. The van der Waals surface area contributed by atoms with Crippen LogP contribution in [0.25, 0.3) is 12.2 Å². The third-order valence-electron chi connectivity index (χ3n) is 5.94. The summed E-state index contributed by atoms with van der Waals surface area (Å²) in [6.07, 6.45) is -0.865. The molecule has 1 saturated carbocycles. The van der Waals surface area contributed by atoms with Crippen molar-refractivity contribution in [3.63, 3.8) is 0 Å². The van der Waals surface area contributed by atoms with Gasteiger partial charge in [0.2, 0.25) is 0 Å². The van der Waals surface area contributed by atoms with Crippen LogP contribution >= 0.6 is 0 Å². The number of benzene rings is 2. The summed E-state index contributed by atoms with van der Waals surface area (Å²) in [6.45, 7) is 0. The maximum Gasteiger partial charge on any atom is 0.336 e. The number of carbonyl (C=O) groups is 3. The molecule has 0 amide bonds. The molecule has 2 aromatic rings. The van der Waals surface area contributed by atoms with E-state index < -0.39 is 66.2 Å². The summed E-state index contributed by atoms with van der Waals surface area (Å²) < 4.78 is 15.8. The lowest BCUT2D eigenvalue weighted by atomic mass is 9.79. The minimum Gasteiger partial charge on any atom is -0.504 e. The molecule has 0 unspecified atom stereocenters. The summed E-state index contributed by atoms with van der Waals surface area (Å²) >= 11 is 0. The number of hydrogen-bond acceptors (Lipinski definition) is 11. The van der Waals surface area contributed by atoms with Gasteiger partial charge in [0.15, 0.2) is 34.7 Å². The first-order valence-corrected chi connectivity index (χ1v) is 11.2. The number of phenolic OH excluding ortho intramolecular Hbond substituents is 4. The molecule has 12 heteroatoms. The molecule has 2 aromatic carbocycles. The van der Waals surface area contributed by atoms with Crippen molar-refractivity contribution in [3.8, 4) is 23.0 Å². The Morgan fingerprint density at radius 1 is 0.816 bits per heavy atom. The van der Waals surface area contributed by atoms with Gasteiger partial charge in [-0.3, -0.25) is 0 Å². The van der Waals surface area contributed by atoms with E-state index in [1.165, 1.54) is 48.6 Å². The van der Waals surface area contributed by atoms with E-state index >= 15 is 0 Å². The fraction of sp³-hybridized carbons (Fsp3) is 0.269. The van der Waals surface area contributed by atoms with Crippen molar-refractivity contribution >= 4 is 30.1 Å². The smallest absolute Gasteiger partial charge is 0.336 e. The molecule has 0 radical (unpaired) electrons. The summed E-state index contributed by atoms with van der Waals surface area (Å²) in [7, 11) is 1.12. The van der Waals surface area contributed by atoms with Crippen LogP contribution in [0.4, 0.5) is 0 Å². The highest BCUT2D eigenvalue weighted by Gasteiger charge is 2.53. The zero-order chi connectivity index (χ0) is 28.0. The van der Waals surface area contributed by atoms with Crippen molar-refractivity contribution in [2.45, 2.75) is 36.8 Å². The van der Waals surface area contributed by atoms with Crippen LogP contribution in [0, 0.1) is 0 Å². The number of aliphatic hydroxyl groups excluding tert-OH is 1. The van der Waals surface area contributed by atoms with E-state index in [1.807, 2.05) is 0 Å². The molecule has 6 N–H and O–H groups in total. The van der Waals surface area contributed by atoms with Crippen molar-refractivity contribution in [2.75, 3.05) is 7.11 Å². The Bertz CT molecular complexity index is 1270. The third-order valence-corrected chi connectivity index (χ3v) is 5.94. The van der Waals surface area contributed by atoms with Gasteiger partial charge in [0, 0.05) is 32.1 Å². The number of methoxy groups -OCH3 is 1. The third kappa shape index (κ3) is 6.60. The Labute approximate surface area is 216 Å². The van der Waals surface area contributed by atoms with Crippen LogP contribution in [0.5, 0.6) is 23.0 Å². The molecule has 0 saturated heterocycles. The SMILES string of the molecule is CO[C@@]1(C(=O)O)C[C@@H](O)[C@@H](OC(=O)/C=C/c2ccc(O)c(O)c2)[C@H](OC(=O)/C=C/c2ccc(O)c(O)c2)C1. The first-order chi connectivity index (χ1) is 17.9. The van der Waals surface area contributed by atoms with Gasteiger partial charge in [0.05, 0.1) is 6.10 Å². The molecule has 3 rings (SSSR count). The molecule has 0 aliphatic heterocycles. The predicted octanol–water partition coefficient (Wildman–Crippen LogP) is 1.68. The summed E-state index contributed by atoms with van der Waals surface area (Å²) in [5.41, 5.74) is -1.23. The summed E-state index contributed by atoms with van der Waals surface area (Å²) in [5, 5.41) is 58.3. The zero-order valence-electron chi connectivity index (χ0n) is 20.1. The Kier molecular flexibility index (Phi) is 8.61. The van der Waals surface area contributed by atoms with E-state index in [9.17, 15) is 45.0 Å². The first kappa shape index (κ1) is 28.0. The number of aromatic hydroxyl groups is 4. The van der Waals surface area contributed by atoms with Crippen molar-refractivity contribution in [2.24, 2.45) is 0 Å². The average molecular weight is 530 g/mol. The number of ether oxygens (including phenoxy) is 3. The number of carboxylic acids is 1. The van der Waals surface area contributed by atoms with E-state index in [-0.39, 0.29) is 11.5 Å². The summed E-state index contributed by atoms with van der Waals surface area (Å²) in [6, 6.07) is 7.63. The number of carbonyl (C=O) groups excluding carboxylic acids is 2. The fourth-order valence-corrected chi connectivity index (χ4v) is 3.90. The maximum absolute atomic E-state index is 12.5. The Balaban J connectivity index is 1.78. The van der Waals surface area contributed by atoms with Gasteiger partial charge in [-0.15, -0.1) is 0 Å². The second-order valence-electron chi connectivity index (χ2n) is 8.52. The Morgan fingerprint density at radius 3 is 1.76 bits per heavy atom. The van der Waals surface area contributed by atoms with Gasteiger partial charge >= 0.3 is 17.9 Å². The van der Waals surface area contributed by atoms with Crippen LogP contribution in [-0.2, 0) is 28.6 Å². The quantitative estimate of drug-likeness (QED) is 0.164. The van der Waals surface area contributed by atoms with E-state index in [2.05, 4.69) is 0 Å². The van der Waals surface area contributed by atoms with Crippen molar-refractivity contribution in [1.29, 1.82) is 0 Å². The number of rotatable bonds is 8. The molecule has 0 bridgehead atoms. The molecule has 4 atom stereocenters. The highest BCUT2D eigenvalue weighted by molar-refractivity contribution is 5.88. The lowest BCUT2D eigenvalue weighted by Gasteiger charge is -2.42. The summed E-state index contributed by atoms with van der Waals surface area (Å²) in [4.78, 5) is 36.9. The highest BCUT2D eigenvalue weighted by atomic mass is 16.6. The minimum atomic E-state index is -1.92. The Hall–Kier alpha value is -4.55. The van der Waals surface area contributed by atoms with Gasteiger partial charge in [-0.25, -0.2) is 14.4 Å². The second-order valence-corrected chi connectivity index (χ2v) is 8.52. The van der Waals surface area contributed by atoms with Crippen molar-refractivity contribution in [1.82, 2.24) is 0 Å². The van der Waals surface area contributed by atoms with Gasteiger partial charge in [-0.1, -0.05) is 12.1 Å². The van der Waals surface area contributed by atoms with Gasteiger partial charge in [-0.2, -0.15) is 0 Å². The van der Waals surface area contributed by atoms with Crippen LogP contribution in [0.1, 0.15) is 24.0 Å². The molecule has 1 fully saturated rings. The van der Waals surface area contributed by atoms with Gasteiger partial charge in [0.1, 0.15) is 6.10 Å². The standard InChI is InChI=1S/C26H26O12/c1-36-26(25(34)35)12-20(31)24(38-23(33)9-5-15-3-7-17(28)19(30)11-15)21(13-26)37-22(32)8-4-14-2-6-16(27)18(29)10-14/h2-11,20-21,24,27-31H,12-13H2,1H3,(H,34,35)/b8-4+,9-5+/t20-,21-,24-,26+/m1/s1. The molecular formula is C26H26O12. The number of aliphatic hydroxyl groups is 1. The van der Waals surface area contributed by atoms with Crippen LogP contribution in [-0.4, -0.2) is 79.6 Å². The zero-order valence-corrected chi connectivity index (χ0v) is 20.1. The molecule has 0 spiro atoms. The lowest BCUT2D eigenvalue weighted by molar-refractivity contribution is -0.209. The topological polar surface area (TPSA) is 200 Å². The minimum absolute atomic E-state index is 0.339. The van der Waals surface area contributed by atoms with E-state index in [4.69, 9.17) is 14.2 Å².